The highest BCUT2D eigenvalue weighted by Crippen LogP contribution is 2.14. The molecule has 1 N–H and O–H groups in total. The normalized spacial score (nSPS) is 15.7. The molecule has 6 heteroatoms. The average Bonchev–Trinajstić information content (AvgIpc) is 2.96. The van der Waals surface area contributed by atoms with Crippen LogP contribution in [0.2, 0.25) is 0 Å². The standard InChI is InChI=1S/C19H26N4OS/c1-2-17-21-22-18(25-17)13-20-19(24)16-9-7-15(8-10-16)14-23-11-5-3-4-6-12-23/h7-10H,2-6,11-14H2,1H3,(H,20,24). The molecule has 1 aromatic heterocycles. The van der Waals surface area contributed by atoms with Crippen LogP contribution in [0.3, 0.4) is 0 Å². The number of hydrogen-bond acceptors (Lipinski definition) is 5. The van der Waals surface area contributed by atoms with Crippen molar-refractivity contribution in [1.82, 2.24) is 20.4 Å². The van der Waals surface area contributed by atoms with Gasteiger partial charge in [-0.05, 0) is 50.0 Å². The fourth-order valence-electron chi connectivity index (χ4n) is 3.07. The SMILES string of the molecule is CCc1nnc(CNC(=O)c2ccc(CN3CCCCCC3)cc2)s1. The van der Waals surface area contributed by atoms with Crippen molar-refractivity contribution in [1.29, 1.82) is 0 Å². The molecule has 2 heterocycles. The number of benzene rings is 1. The summed E-state index contributed by atoms with van der Waals surface area (Å²) in [6, 6.07) is 7.97. The molecule has 5 nitrogen and oxygen atoms in total. The number of rotatable bonds is 6. The summed E-state index contributed by atoms with van der Waals surface area (Å²) < 4.78 is 0. The van der Waals surface area contributed by atoms with E-state index in [1.54, 1.807) is 11.3 Å². The van der Waals surface area contributed by atoms with Crippen molar-refractivity contribution in [3.8, 4) is 0 Å². The molecule has 0 aliphatic carbocycles. The van der Waals surface area contributed by atoms with Crippen molar-refractivity contribution in [2.75, 3.05) is 13.1 Å². The number of carbonyl (C=O) groups excluding carboxylic acids is 1. The van der Waals surface area contributed by atoms with Crippen molar-refractivity contribution < 1.29 is 4.79 Å². The molecule has 0 saturated carbocycles. The van der Waals surface area contributed by atoms with E-state index in [4.69, 9.17) is 0 Å². The van der Waals surface area contributed by atoms with Crippen molar-refractivity contribution in [3.05, 3.63) is 45.4 Å². The van der Waals surface area contributed by atoms with Gasteiger partial charge in [0, 0.05) is 12.1 Å². The lowest BCUT2D eigenvalue weighted by Crippen LogP contribution is -2.24. The van der Waals surface area contributed by atoms with Crippen LogP contribution in [0.1, 0.15) is 58.5 Å². The third-order valence-electron chi connectivity index (χ3n) is 4.53. The minimum Gasteiger partial charge on any atom is -0.345 e. The summed E-state index contributed by atoms with van der Waals surface area (Å²) in [6.07, 6.45) is 6.18. The molecule has 0 unspecified atom stereocenters. The molecule has 1 aromatic carbocycles. The van der Waals surface area contributed by atoms with Gasteiger partial charge in [-0.1, -0.05) is 43.2 Å². The lowest BCUT2D eigenvalue weighted by Gasteiger charge is -2.19. The van der Waals surface area contributed by atoms with Gasteiger partial charge in [0.05, 0.1) is 6.54 Å². The van der Waals surface area contributed by atoms with Crippen LogP contribution >= 0.6 is 11.3 Å². The summed E-state index contributed by atoms with van der Waals surface area (Å²) >= 11 is 1.55. The molecule has 1 saturated heterocycles. The van der Waals surface area contributed by atoms with Gasteiger partial charge in [-0.15, -0.1) is 10.2 Å². The largest absolute Gasteiger partial charge is 0.345 e. The summed E-state index contributed by atoms with van der Waals surface area (Å²) in [7, 11) is 0. The number of nitrogens with zero attached hydrogens (tertiary/aromatic N) is 3. The smallest absolute Gasteiger partial charge is 0.251 e. The van der Waals surface area contributed by atoms with E-state index in [1.807, 2.05) is 12.1 Å². The van der Waals surface area contributed by atoms with Gasteiger partial charge in [-0.2, -0.15) is 0 Å². The second kappa shape index (κ2) is 9.06. The Hall–Kier alpha value is -1.79. The summed E-state index contributed by atoms with van der Waals surface area (Å²) in [4.78, 5) is 14.8. The molecular formula is C19H26N4OS. The Labute approximate surface area is 153 Å². The van der Waals surface area contributed by atoms with E-state index in [2.05, 4.69) is 39.5 Å². The van der Waals surface area contributed by atoms with E-state index >= 15 is 0 Å². The van der Waals surface area contributed by atoms with E-state index in [9.17, 15) is 4.79 Å². The molecule has 0 spiro atoms. The number of likely N-dealkylation sites (tertiary alicyclic amines) is 1. The first-order valence-corrected chi connectivity index (χ1v) is 9.97. The van der Waals surface area contributed by atoms with E-state index in [0.29, 0.717) is 12.1 Å². The first-order chi connectivity index (χ1) is 12.2. The van der Waals surface area contributed by atoms with Crippen LogP contribution < -0.4 is 5.32 Å². The molecule has 2 aromatic rings. The molecule has 0 bridgehead atoms. The van der Waals surface area contributed by atoms with Crippen LogP contribution in [0.25, 0.3) is 0 Å². The number of amides is 1. The third kappa shape index (κ3) is 5.34. The Kier molecular flexibility index (Phi) is 6.53. The van der Waals surface area contributed by atoms with Gasteiger partial charge in [0.15, 0.2) is 0 Å². The van der Waals surface area contributed by atoms with Crippen molar-refractivity contribution in [2.24, 2.45) is 0 Å². The Morgan fingerprint density at radius 1 is 1.08 bits per heavy atom. The van der Waals surface area contributed by atoms with Gasteiger partial charge in [-0.25, -0.2) is 0 Å². The molecule has 1 amide bonds. The zero-order chi connectivity index (χ0) is 17.5. The van der Waals surface area contributed by atoms with Crippen molar-refractivity contribution in [2.45, 2.75) is 52.1 Å². The summed E-state index contributed by atoms with van der Waals surface area (Å²) in [5.74, 6) is -0.0606. The number of aryl methyl sites for hydroxylation is 1. The first-order valence-electron chi connectivity index (χ1n) is 9.15. The Morgan fingerprint density at radius 3 is 2.40 bits per heavy atom. The Bertz CT molecular complexity index is 675. The predicted molar refractivity (Wildman–Crippen MR) is 101 cm³/mol. The maximum absolute atomic E-state index is 12.3. The number of aromatic nitrogens is 2. The molecule has 0 radical (unpaired) electrons. The van der Waals surface area contributed by atoms with Crippen LogP contribution in [0, 0.1) is 0 Å². The maximum Gasteiger partial charge on any atom is 0.251 e. The summed E-state index contributed by atoms with van der Waals surface area (Å²) in [5, 5.41) is 12.9. The highest BCUT2D eigenvalue weighted by atomic mass is 32.1. The van der Waals surface area contributed by atoms with Crippen LogP contribution in [-0.4, -0.2) is 34.1 Å². The second-order valence-corrected chi connectivity index (χ2v) is 7.66. The van der Waals surface area contributed by atoms with Crippen molar-refractivity contribution in [3.63, 3.8) is 0 Å². The van der Waals surface area contributed by atoms with Gasteiger partial charge in [-0.3, -0.25) is 9.69 Å². The van der Waals surface area contributed by atoms with Crippen LogP contribution in [0.4, 0.5) is 0 Å². The molecule has 134 valence electrons. The fourth-order valence-corrected chi connectivity index (χ4v) is 3.80. The Morgan fingerprint density at radius 2 is 1.76 bits per heavy atom. The maximum atomic E-state index is 12.3. The molecule has 0 atom stereocenters. The molecule has 3 rings (SSSR count). The molecule has 1 aliphatic rings. The van der Waals surface area contributed by atoms with Gasteiger partial charge in [0.25, 0.3) is 5.91 Å². The summed E-state index contributed by atoms with van der Waals surface area (Å²) in [5.41, 5.74) is 1.97. The van der Waals surface area contributed by atoms with Gasteiger partial charge in [0.1, 0.15) is 10.0 Å². The van der Waals surface area contributed by atoms with Crippen LogP contribution in [0.15, 0.2) is 24.3 Å². The number of nitrogens with one attached hydrogen (secondary N) is 1. The van der Waals surface area contributed by atoms with Gasteiger partial charge >= 0.3 is 0 Å². The monoisotopic (exact) mass is 358 g/mol. The Balaban J connectivity index is 1.51. The molecule has 1 fully saturated rings. The van der Waals surface area contributed by atoms with Gasteiger partial charge in [0.2, 0.25) is 0 Å². The van der Waals surface area contributed by atoms with E-state index in [1.165, 1.54) is 44.3 Å². The quantitative estimate of drug-likeness (QED) is 0.860. The fraction of sp³-hybridized carbons (Fsp3) is 0.526. The predicted octanol–water partition coefficient (Wildman–Crippen LogP) is 3.41. The first kappa shape index (κ1) is 18.0. The van der Waals surface area contributed by atoms with Crippen molar-refractivity contribution >= 4 is 17.2 Å². The third-order valence-corrected chi connectivity index (χ3v) is 5.60. The zero-order valence-electron chi connectivity index (χ0n) is 14.8. The molecule has 25 heavy (non-hydrogen) atoms. The highest BCUT2D eigenvalue weighted by Gasteiger charge is 2.11. The minimum atomic E-state index is -0.0606. The minimum absolute atomic E-state index is 0.0606. The number of hydrogen-bond donors (Lipinski definition) is 1. The topological polar surface area (TPSA) is 58.1 Å². The second-order valence-electron chi connectivity index (χ2n) is 6.51. The van der Waals surface area contributed by atoms with Gasteiger partial charge < -0.3 is 5.32 Å². The van der Waals surface area contributed by atoms with E-state index in [-0.39, 0.29) is 5.91 Å². The van der Waals surface area contributed by atoms with E-state index in [0.717, 1.165) is 23.0 Å². The summed E-state index contributed by atoms with van der Waals surface area (Å²) in [6.45, 7) is 5.84. The van der Waals surface area contributed by atoms with Crippen LogP contribution in [-0.2, 0) is 19.5 Å². The lowest BCUT2D eigenvalue weighted by atomic mass is 10.1. The number of carbonyl (C=O) groups is 1. The highest BCUT2D eigenvalue weighted by molar-refractivity contribution is 7.11. The molecule has 1 aliphatic heterocycles. The van der Waals surface area contributed by atoms with Crippen LogP contribution in [0.5, 0.6) is 0 Å². The van der Waals surface area contributed by atoms with E-state index < -0.39 is 0 Å². The zero-order valence-corrected chi connectivity index (χ0v) is 15.6. The average molecular weight is 359 g/mol. The lowest BCUT2D eigenvalue weighted by molar-refractivity contribution is 0.0951. The molecular weight excluding hydrogens is 332 g/mol.